The van der Waals surface area contributed by atoms with E-state index in [2.05, 4.69) is 46.4 Å². The minimum absolute atomic E-state index is 0.203. The average molecular weight is 239 g/mol. The maximum atomic E-state index is 6.22. The van der Waals surface area contributed by atoms with Gasteiger partial charge in [-0.25, -0.2) is 0 Å². The highest BCUT2D eigenvalue weighted by Gasteiger charge is 2.50. The lowest BCUT2D eigenvalue weighted by atomic mass is 9.72. The molecule has 2 heterocycles. The van der Waals surface area contributed by atoms with Crippen molar-refractivity contribution in [3.8, 4) is 0 Å². The maximum Gasteiger partial charge on any atom is 0.0935 e. The summed E-state index contributed by atoms with van der Waals surface area (Å²) < 4.78 is 6.22. The topological polar surface area (TPSA) is 12.5 Å². The molecule has 2 fully saturated rings. The molecule has 0 bridgehead atoms. The van der Waals surface area contributed by atoms with Gasteiger partial charge in [0.15, 0.2) is 0 Å². The predicted molar refractivity (Wildman–Crippen MR) is 72.2 cm³/mol. The van der Waals surface area contributed by atoms with Crippen molar-refractivity contribution in [2.75, 3.05) is 19.7 Å². The summed E-state index contributed by atoms with van der Waals surface area (Å²) in [6.07, 6.45) is 2.59. The molecule has 0 radical (unpaired) electrons. The fourth-order valence-electron chi connectivity index (χ4n) is 2.93. The zero-order valence-electron chi connectivity index (χ0n) is 12.5. The zero-order chi connectivity index (χ0) is 12.9. The van der Waals surface area contributed by atoms with Crippen molar-refractivity contribution in [2.45, 2.75) is 65.5 Å². The molecule has 0 aromatic carbocycles. The van der Waals surface area contributed by atoms with Gasteiger partial charge in [-0.1, -0.05) is 20.8 Å². The monoisotopic (exact) mass is 239 g/mol. The summed E-state index contributed by atoms with van der Waals surface area (Å²) in [5.74, 6) is 0.733. The molecule has 1 unspecified atom stereocenters. The minimum Gasteiger partial charge on any atom is -0.372 e. The Balaban J connectivity index is 1.86. The van der Waals surface area contributed by atoms with E-state index in [9.17, 15) is 0 Å². The number of rotatable bonds is 0. The lowest BCUT2D eigenvalue weighted by molar-refractivity contribution is -0.206. The summed E-state index contributed by atoms with van der Waals surface area (Å²) in [5.41, 5.74) is 0.902. The van der Waals surface area contributed by atoms with Crippen LogP contribution in [0.3, 0.4) is 0 Å². The van der Waals surface area contributed by atoms with E-state index in [4.69, 9.17) is 4.74 Å². The van der Waals surface area contributed by atoms with Crippen LogP contribution in [0.25, 0.3) is 0 Å². The van der Waals surface area contributed by atoms with Crippen molar-refractivity contribution in [3.05, 3.63) is 0 Å². The molecule has 2 rings (SSSR count). The SMILES string of the molecule is CC(C)(C)C1CCC2(CN(C(C)(C)C)C2)OC1. The van der Waals surface area contributed by atoms with Crippen molar-refractivity contribution in [3.63, 3.8) is 0 Å². The van der Waals surface area contributed by atoms with Gasteiger partial charge in [0, 0.05) is 18.6 Å². The van der Waals surface area contributed by atoms with Crippen molar-refractivity contribution in [1.29, 1.82) is 0 Å². The molecule has 0 saturated carbocycles. The van der Waals surface area contributed by atoms with Crippen molar-refractivity contribution >= 4 is 0 Å². The molecular formula is C15H29NO. The summed E-state index contributed by atoms with van der Waals surface area (Å²) in [7, 11) is 0. The molecule has 0 aromatic rings. The highest BCUT2D eigenvalue weighted by Crippen LogP contribution is 2.43. The van der Waals surface area contributed by atoms with Crippen LogP contribution in [0.1, 0.15) is 54.4 Å². The van der Waals surface area contributed by atoms with Crippen LogP contribution in [0.4, 0.5) is 0 Å². The second-order valence-electron chi connectivity index (χ2n) is 8.12. The summed E-state index contributed by atoms with van der Waals surface area (Å²) in [5, 5.41) is 0. The maximum absolute atomic E-state index is 6.22. The van der Waals surface area contributed by atoms with E-state index < -0.39 is 0 Å². The van der Waals surface area contributed by atoms with Crippen molar-refractivity contribution in [1.82, 2.24) is 4.90 Å². The largest absolute Gasteiger partial charge is 0.372 e. The van der Waals surface area contributed by atoms with Crippen LogP contribution in [0.15, 0.2) is 0 Å². The molecule has 1 spiro atoms. The molecule has 0 aromatic heterocycles. The number of hydrogen-bond acceptors (Lipinski definition) is 2. The Bertz CT molecular complexity index is 268. The molecule has 1 atom stereocenters. The number of hydrogen-bond donors (Lipinski definition) is 0. The molecule has 100 valence electrons. The highest BCUT2D eigenvalue weighted by molar-refractivity contribution is 5.03. The lowest BCUT2D eigenvalue weighted by Crippen LogP contribution is -2.69. The lowest BCUT2D eigenvalue weighted by Gasteiger charge is -2.58. The molecule has 2 aliphatic rings. The van der Waals surface area contributed by atoms with E-state index >= 15 is 0 Å². The molecule has 0 amide bonds. The molecule has 17 heavy (non-hydrogen) atoms. The summed E-state index contributed by atoms with van der Waals surface area (Å²) >= 11 is 0. The quantitative estimate of drug-likeness (QED) is 0.643. The van der Waals surface area contributed by atoms with Gasteiger partial charge in [-0.15, -0.1) is 0 Å². The second-order valence-corrected chi connectivity index (χ2v) is 8.12. The zero-order valence-corrected chi connectivity index (χ0v) is 12.5. The van der Waals surface area contributed by atoms with E-state index in [1.807, 2.05) is 0 Å². The van der Waals surface area contributed by atoms with Gasteiger partial charge >= 0.3 is 0 Å². The third-order valence-electron chi connectivity index (χ3n) is 4.67. The van der Waals surface area contributed by atoms with Crippen molar-refractivity contribution in [2.24, 2.45) is 11.3 Å². The van der Waals surface area contributed by atoms with Gasteiger partial charge < -0.3 is 4.74 Å². The Morgan fingerprint density at radius 2 is 1.65 bits per heavy atom. The van der Waals surface area contributed by atoms with Crippen LogP contribution in [0, 0.1) is 11.3 Å². The first kappa shape index (κ1) is 13.4. The molecule has 2 heteroatoms. The van der Waals surface area contributed by atoms with Gasteiger partial charge in [0.2, 0.25) is 0 Å². The molecular weight excluding hydrogens is 210 g/mol. The van der Waals surface area contributed by atoms with E-state index in [-0.39, 0.29) is 5.60 Å². The molecule has 0 N–H and O–H groups in total. The first-order valence-corrected chi connectivity index (χ1v) is 7.01. The standard InChI is InChI=1S/C15H29NO/c1-13(2,3)12-7-8-15(17-9-12)10-16(11-15)14(4,5)6/h12H,7-11H2,1-6H3. The first-order chi connectivity index (χ1) is 7.62. The van der Waals surface area contributed by atoms with Gasteiger partial charge in [-0.05, 0) is 44.9 Å². The fraction of sp³-hybridized carbons (Fsp3) is 1.00. The van der Waals surface area contributed by atoms with Crippen LogP contribution in [-0.4, -0.2) is 35.7 Å². The van der Waals surface area contributed by atoms with Gasteiger partial charge in [0.05, 0.1) is 12.2 Å². The van der Waals surface area contributed by atoms with E-state index in [1.165, 1.54) is 12.8 Å². The predicted octanol–water partition coefficient (Wildman–Crippen LogP) is 3.31. The average Bonchev–Trinajstić information content (AvgIpc) is 2.11. The Morgan fingerprint density at radius 1 is 1.06 bits per heavy atom. The van der Waals surface area contributed by atoms with Crippen molar-refractivity contribution < 1.29 is 4.74 Å². The molecule has 2 saturated heterocycles. The van der Waals surface area contributed by atoms with Gasteiger partial charge in [-0.2, -0.15) is 0 Å². The van der Waals surface area contributed by atoms with E-state index in [1.54, 1.807) is 0 Å². The van der Waals surface area contributed by atoms with E-state index in [0.717, 1.165) is 25.6 Å². The molecule has 2 aliphatic heterocycles. The van der Waals surface area contributed by atoms with Crippen LogP contribution < -0.4 is 0 Å². The third kappa shape index (κ3) is 2.68. The van der Waals surface area contributed by atoms with Crippen LogP contribution >= 0.6 is 0 Å². The summed E-state index contributed by atoms with van der Waals surface area (Å²) in [6.45, 7) is 17.1. The van der Waals surface area contributed by atoms with Crippen LogP contribution in [0.2, 0.25) is 0 Å². The first-order valence-electron chi connectivity index (χ1n) is 7.01. The Labute approximate surface area is 107 Å². The number of likely N-dealkylation sites (tertiary alicyclic amines) is 1. The summed E-state index contributed by atoms with van der Waals surface area (Å²) in [4.78, 5) is 2.53. The van der Waals surface area contributed by atoms with Crippen LogP contribution in [0.5, 0.6) is 0 Å². The Morgan fingerprint density at radius 3 is 2.00 bits per heavy atom. The smallest absolute Gasteiger partial charge is 0.0935 e. The highest BCUT2D eigenvalue weighted by atomic mass is 16.5. The Hall–Kier alpha value is -0.0800. The summed E-state index contributed by atoms with van der Waals surface area (Å²) in [6, 6.07) is 0. The minimum atomic E-state index is 0.203. The normalized spacial score (nSPS) is 30.4. The third-order valence-corrected chi connectivity index (χ3v) is 4.67. The van der Waals surface area contributed by atoms with E-state index in [0.29, 0.717) is 11.0 Å². The fourth-order valence-corrected chi connectivity index (χ4v) is 2.93. The second kappa shape index (κ2) is 3.96. The van der Waals surface area contributed by atoms with Gasteiger partial charge in [-0.3, -0.25) is 4.90 Å². The molecule has 0 aliphatic carbocycles. The number of nitrogens with zero attached hydrogens (tertiary/aromatic N) is 1. The van der Waals surface area contributed by atoms with Gasteiger partial charge in [0.25, 0.3) is 0 Å². The van der Waals surface area contributed by atoms with Gasteiger partial charge in [0.1, 0.15) is 0 Å². The van der Waals surface area contributed by atoms with Crippen LogP contribution in [-0.2, 0) is 4.74 Å². The number of ether oxygens (including phenoxy) is 1. The Kier molecular flexibility index (Phi) is 3.11. The molecule has 2 nitrogen and oxygen atoms in total.